The predicted molar refractivity (Wildman–Crippen MR) is 69.4 cm³/mol. The third-order valence-electron chi connectivity index (χ3n) is 2.57. The molecule has 104 valence electrons. The van der Waals surface area contributed by atoms with E-state index >= 15 is 0 Å². The Morgan fingerprint density at radius 2 is 2.05 bits per heavy atom. The maximum atomic E-state index is 11.4. The number of carbonyl (C=O) groups is 2. The Morgan fingerprint density at radius 3 is 2.79 bits per heavy atom. The van der Waals surface area contributed by atoms with E-state index in [1.54, 1.807) is 12.2 Å². The molecule has 2 N–H and O–H groups in total. The lowest BCUT2D eigenvalue weighted by Crippen LogP contribution is -2.26. The van der Waals surface area contributed by atoms with Gasteiger partial charge in [-0.2, -0.15) is 0 Å². The number of carbonyl (C=O) groups excluding carboxylic acids is 1. The van der Waals surface area contributed by atoms with Gasteiger partial charge in [-0.05, 0) is 31.8 Å². The van der Waals surface area contributed by atoms with Crippen molar-refractivity contribution in [3.05, 3.63) is 36.5 Å². The Kier molecular flexibility index (Phi) is 6.60. The summed E-state index contributed by atoms with van der Waals surface area (Å²) in [4.78, 5) is 22.3. The highest BCUT2D eigenvalue weighted by Crippen LogP contribution is 2.08. The number of rotatable bonds is 1. The minimum absolute atomic E-state index is 0.275. The number of aliphatic carboxylic acids is 1. The average Bonchev–Trinajstić information content (AvgIpc) is 2.37. The highest BCUT2D eigenvalue weighted by Gasteiger charge is 2.20. The molecule has 1 heterocycles. The number of hydrogen-bond donors (Lipinski definition) is 2. The molecule has 5 nitrogen and oxygen atoms in total. The van der Waals surface area contributed by atoms with Crippen LogP contribution in [0.4, 0.5) is 0 Å². The standard InChI is InChI=1S/C14H18O5/c15-11-7-5-3-1-2-4-6-8-12(14(17)18)19-13(16)10-9-11/h1-2,5,7,9-12,15H,3-4,6,8H2,(H,17,18)/b2-1+,7-5-,10-9?/t11?,12-/m0/s1. The van der Waals surface area contributed by atoms with Crippen molar-refractivity contribution in [2.45, 2.75) is 37.9 Å². The van der Waals surface area contributed by atoms with Gasteiger partial charge < -0.3 is 14.9 Å². The number of carboxylic acid groups (broad SMARTS) is 1. The maximum absolute atomic E-state index is 11.4. The Balaban J connectivity index is 2.72. The van der Waals surface area contributed by atoms with Crippen molar-refractivity contribution in [2.75, 3.05) is 0 Å². The second-order valence-corrected chi connectivity index (χ2v) is 4.18. The minimum atomic E-state index is -1.15. The number of allylic oxidation sites excluding steroid dienone is 3. The zero-order chi connectivity index (χ0) is 14.1. The number of ether oxygens (including phenoxy) is 1. The van der Waals surface area contributed by atoms with Crippen LogP contribution in [-0.4, -0.2) is 34.4 Å². The van der Waals surface area contributed by atoms with Gasteiger partial charge in [0.1, 0.15) is 0 Å². The fourth-order valence-corrected chi connectivity index (χ4v) is 1.59. The second-order valence-electron chi connectivity index (χ2n) is 4.18. The molecule has 1 rings (SSSR count). The molecule has 0 aromatic carbocycles. The Morgan fingerprint density at radius 1 is 1.26 bits per heavy atom. The van der Waals surface area contributed by atoms with Gasteiger partial charge in [0, 0.05) is 6.08 Å². The van der Waals surface area contributed by atoms with Crippen molar-refractivity contribution in [1.82, 2.24) is 0 Å². The quantitative estimate of drug-likeness (QED) is 0.556. The smallest absolute Gasteiger partial charge is 0.345 e. The summed E-state index contributed by atoms with van der Waals surface area (Å²) in [6, 6.07) is 0. The normalized spacial score (nSPS) is 29.0. The van der Waals surface area contributed by atoms with Crippen molar-refractivity contribution >= 4 is 11.9 Å². The zero-order valence-corrected chi connectivity index (χ0v) is 10.6. The number of aliphatic hydroxyl groups excluding tert-OH is 1. The van der Waals surface area contributed by atoms with Gasteiger partial charge in [0.2, 0.25) is 0 Å². The lowest BCUT2D eigenvalue weighted by atomic mass is 10.1. The zero-order valence-electron chi connectivity index (χ0n) is 10.6. The Labute approximate surface area is 111 Å². The van der Waals surface area contributed by atoms with Crippen LogP contribution >= 0.6 is 0 Å². The molecular formula is C14H18O5. The lowest BCUT2D eigenvalue weighted by Gasteiger charge is -2.12. The lowest BCUT2D eigenvalue weighted by molar-refractivity contribution is -0.161. The molecule has 1 unspecified atom stereocenters. The van der Waals surface area contributed by atoms with Gasteiger partial charge in [0.15, 0.2) is 6.10 Å². The monoisotopic (exact) mass is 266 g/mol. The first kappa shape index (κ1) is 15.2. The van der Waals surface area contributed by atoms with Crippen molar-refractivity contribution in [1.29, 1.82) is 0 Å². The SMILES string of the molecule is O=C1C=CC(O)/C=C\C/C=C/CCC[C@@H](C(=O)O)O1. The van der Waals surface area contributed by atoms with E-state index in [9.17, 15) is 14.7 Å². The molecule has 2 atom stereocenters. The van der Waals surface area contributed by atoms with Crippen LogP contribution in [0.1, 0.15) is 25.7 Å². The van der Waals surface area contributed by atoms with Crippen molar-refractivity contribution in [3.63, 3.8) is 0 Å². The van der Waals surface area contributed by atoms with E-state index in [4.69, 9.17) is 9.84 Å². The molecular weight excluding hydrogens is 248 g/mol. The third-order valence-corrected chi connectivity index (χ3v) is 2.57. The molecule has 0 saturated carbocycles. The van der Waals surface area contributed by atoms with Crippen LogP contribution in [0.3, 0.4) is 0 Å². The van der Waals surface area contributed by atoms with Gasteiger partial charge in [-0.3, -0.25) is 0 Å². The molecule has 1 aliphatic heterocycles. The number of carboxylic acids is 1. The van der Waals surface area contributed by atoms with Crippen LogP contribution in [0.5, 0.6) is 0 Å². The van der Waals surface area contributed by atoms with Gasteiger partial charge >= 0.3 is 11.9 Å². The number of cyclic esters (lactones) is 1. The fourth-order valence-electron chi connectivity index (χ4n) is 1.59. The summed E-state index contributed by atoms with van der Waals surface area (Å²) in [5, 5.41) is 18.4. The molecule has 5 heteroatoms. The summed E-state index contributed by atoms with van der Waals surface area (Å²) in [5.74, 6) is -1.91. The predicted octanol–water partition coefficient (Wildman–Crippen LogP) is 1.59. The van der Waals surface area contributed by atoms with Gasteiger partial charge in [-0.25, -0.2) is 9.59 Å². The van der Waals surface area contributed by atoms with Crippen molar-refractivity contribution in [3.8, 4) is 0 Å². The first-order valence-corrected chi connectivity index (χ1v) is 6.21. The van der Waals surface area contributed by atoms with E-state index in [1.807, 2.05) is 12.2 Å². The molecule has 0 radical (unpaired) electrons. The highest BCUT2D eigenvalue weighted by atomic mass is 16.6. The number of hydrogen-bond acceptors (Lipinski definition) is 4. The second kappa shape index (κ2) is 8.26. The highest BCUT2D eigenvalue weighted by molar-refractivity contribution is 5.85. The minimum Gasteiger partial charge on any atom is -0.479 e. The molecule has 0 fully saturated rings. The van der Waals surface area contributed by atoms with Gasteiger partial charge in [-0.15, -0.1) is 0 Å². The molecule has 0 aromatic rings. The summed E-state index contributed by atoms with van der Waals surface area (Å²) in [6.07, 6.45) is 9.85. The Hall–Kier alpha value is -1.88. The van der Waals surface area contributed by atoms with Crippen LogP contribution < -0.4 is 0 Å². The summed E-state index contributed by atoms with van der Waals surface area (Å²) in [5.41, 5.74) is 0. The van der Waals surface area contributed by atoms with Crippen LogP contribution in [0.2, 0.25) is 0 Å². The number of esters is 1. The maximum Gasteiger partial charge on any atom is 0.345 e. The summed E-state index contributed by atoms with van der Waals surface area (Å²) < 4.78 is 4.82. The first-order chi connectivity index (χ1) is 9.09. The van der Waals surface area contributed by atoms with Gasteiger partial charge in [0.25, 0.3) is 0 Å². The molecule has 0 spiro atoms. The van der Waals surface area contributed by atoms with Gasteiger partial charge in [-0.1, -0.05) is 24.3 Å². The van der Waals surface area contributed by atoms with E-state index in [-0.39, 0.29) is 6.42 Å². The third kappa shape index (κ3) is 6.57. The summed E-state index contributed by atoms with van der Waals surface area (Å²) in [6.45, 7) is 0. The van der Waals surface area contributed by atoms with E-state index in [0.29, 0.717) is 12.8 Å². The molecule has 19 heavy (non-hydrogen) atoms. The first-order valence-electron chi connectivity index (χ1n) is 6.21. The average molecular weight is 266 g/mol. The molecule has 0 amide bonds. The molecule has 0 saturated heterocycles. The molecule has 1 aliphatic rings. The van der Waals surface area contributed by atoms with Crippen molar-refractivity contribution in [2.24, 2.45) is 0 Å². The van der Waals surface area contributed by atoms with Crippen molar-refractivity contribution < 1.29 is 24.5 Å². The molecule has 0 aromatic heterocycles. The van der Waals surface area contributed by atoms with Crippen LogP contribution in [0.25, 0.3) is 0 Å². The van der Waals surface area contributed by atoms with E-state index in [2.05, 4.69) is 0 Å². The van der Waals surface area contributed by atoms with Crippen LogP contribution in [0, 0.1) is 0 Å². The molecule has 0 aliphatic carbocycles. The van der Waals surface area contributed by atoms with Crippen LogP contribution in [-0.2, 0) is 14.3 Å². The fraction of sp³-hybridized carbons (Fsp3) is 0.429. The number of aliphatic hydroxyl groups is 1. The van der Waals surface area contributed by atoms with E-state index in [0.717, 1.165) is 12.5 Å². The van der Waals surface area contributed by atoms with Gasteiger partial charge in [0.05, 0.1) is 6.10 Å². The van der Waals surface area contributed by atoms with E-state index < -0.39 is 24.1 Å². The van der Waals surface area contributed by atoms with Crippen LogP contribution in [0.15, 0.2) is 36.5 Å². The summed E-state index contributed by atoms with van der Waals surface area (Å²) >= 11 is 0. The topological polar surface area (TPSA) is 83.8 Å². The molecule has 0 bridgehead atoms. The summed E-state index contributed by atoms with van der Waals surface area (Å²) in [7, 11) is 0. The Bertz CT molecular complexity index is 395. The van der Waals surface area contributed by atoms with E-state index in [1.165, 1.54) is 6.08 Å². The largest absolute Gasteiger partial charge is 0.479 e.